The van der Waals surface area contributed by atoms with E-state index in [0.29, 0.717) is 0 Å². The summed E-state index contributed by atoms with van der Waals surface area (Å²) in [5.41, 5.74) is 0.962. The molecule has 0 aliphatic heterocycles. The molecule has 4 heteroatoms. The molecular formula is C13H20BrNO2. The second-order valence-electron chi connectivity index (χ2n) is 4.49. The lowest BCUT2D eigenvalue weighted by molar-refractivity contribution is 0.0185. The molecule has 0 aliphatic carbocycles. The molecule has 0 spiro atoms. The van der Waals surface area contributed by atoms with Crippen molar-refractivity contribution < 1.29 is 9.47 Å². The van der Waals surface area contributed by atoms with Crippen molar-refractivity contribution in [2.24, 2.45) is 0 Å². The highest BCUT2D eigenvalue weighted by Gasteiger charge is 2.15. The van der Waals surface area contributed by atoms with E-state index >= 15 is 0 Å². The van der Waals surface area contributed by atoms with Crippen LogP contribution in [-0.4, -0.2) is 26.4 Å². The molecule has 0 saturated heterocycles. The largest absolute Gasteiger partial charge is 0.495 e. The van der Waals surface area contributed by atoms with Gasteiger partial charge in [-0.1, -0.05) is 0 Å². The summed E-state index contributed by atoms with van der Waals surface area (Å²) in [6.45, 7) is 5.03. The lowest BCUT2D eigenvalue weighted by Crippen LogP contribution is -2.25. The molecule has 1 aromatic carbocycles. The Kier molecular flexibility index (Phi) is 5.28. The first-order valence-electron chi connectivity index (χ1n) is 5.61. The second-order valence-corrected chi connectivity index (χ2v) is 5.34. The molecule has 0 aromatic heterocycles. The van der Waals surface area contributed by atoms with Crippen LogP contribution < -0.4 is 10.1 Å². The zero-order chi connectivity index (χ0) is 12.9. The number of anilines is 1. The van der Waals surface area contributed by atoms with Crippen molar-refractivity contribution in [1.29, 1.82) is 0 Å². The molecule has 0 atom stereocenters. The van der Waals surface area contributed by atoms with E-state index in [1.165, 1.54) is 0 Å². The van der Waals surface area contributed by atoms with Gasteiger partial charge in [-0.2, -0.15) is 0 Å². The molecule has 0 radical (unpaired) electrons. The van der Waals surface area contributed by atoms with Crippen molar-refractivity contribution in [3.63, 3.8) is 0 Å². The Labute approximate surface area is 112 Å². The van der Waals surface area contributed by atoms with Crippen LogP contribution in [0, 0.1) is 0 Å². The Balaban J connectivity index is 2.53. The van der Waals surface area contributed by atoms with Crippen molar-refractivity contribution in [3.8, 4) is 5.75 Å². The van der Waals surface area contributed by atoms with E-state index in [1.54, 1.807) is 14.2 Å². The summed E-state index contributed by atoms with van der Waals surface area (Å²) >= 11 is 3.43. The minimum atomic E-state index is -0.0908. The molecule has 0 unspecified atom stereocenters. The fourth-order valence-electron chi connectivity index (χ4n) is 1.38. The third-order valence-electron chi connectivity index (χ3n) is 2.76. The third-order valence-corrected chi connectivity index (χ3v) is 3.42. The van der Waals surface area contributed by atoms with Gasteiger partial charge in [0.25, 0.3) is 0 Å². The van der Waals surface area contributed by atoms with E-state index < -0.39 is 0 Å². The Hall–Kier alpha value is -0.740. The average molecular weight is 302 g/mol. The van der Waals surface area contributed by atoms with Gasteiger partial charge in [-0.05, 0) is 48.3 Å². The van der Waals surface area contributed by atoms with Crippen molar-refractivity contribution >= 4 is 21.6 Å². The van der Waals surface area contributed by atoms with Crippen LogP contribution in [0.2, 0.25) is 0 Å². The predicted octanol–water partition coefficient (Wildman–Crippen LogP) is 3.68. The van der Waals surface area contributed by atoms with Gasteiger partial charge in [-0.25, -0.2) is 0 Å². The number of methoxy groups -OCH3 is 2. The number of ether oxygens (including phenoxy) is 2. The normalized spacial score (nSPS) is 11.4. The molecule has 3 nitrogen and oxygen atoms in total. The maximum Gasteiger partial charge on any atom is 0.135 e. The summed E-state index contributed by atoms with van der Waals surface area (Å²) in [5, 5.41) is 3.36. The summed E-state index contributed by atoms with van der Waals surface area (Å²) in [4.78, 5) is 0. The lowest BCUT2D eigenvalue weighted by atomic mass is 10.1. The van der Waals surface area contributed by atoms with Crippen LogP contribution in [-0.2, 0) is 4.74 Å². The van der Waals surface area contributed by atoms with Gasteiger partial charge in [-0.3, -0.25) is 0 Å². The average Bonchev–Trinajstić information content (AvgIpc) is 2.31. The van der Waals surface area contributed by atoms with E-state index in [-0.39, 0.29) is 5.60 Å². The maximum absolute atomic E-state index is 5.37. The number of nitrogens with one attached hydrogen (secondary N) is 1. The number of hydrogen-bond donors (Lipinski definition) is 1. The highest BCUT2D eigenvalue weighted by atomic mass is 79.9. The number of hydrogen-bond acceptors (Lipinski definition) is 3. The minimum Gasteiger partial charge on any atom is -0.495 e. The first-order valence-corrected chi connectivity index (χ1v) is 6.40. The summed E-state index contributed by atoms with van der Waals surface area (Å²) in [6.07, 6.45) is 0.946. The van der Waals surface area contributed by atoms with Crippen LogP contribution in [0.25, 0.3) is 0 Å². The number of rotatable bonds is 6. The first-order chi connectivity index (χ1) is 7.98. The minimum absolute atomic E-state index is 0.0908. The van der Waals surface area contributed by atoms with Crippen LogP contribution in [0.15, 0.2) is 22.7 Å². The second kappa shape index (κ2) is 6.26. The van der Waals surface area contributed by atoms with Crippen LogP contribution in [0.4, 0.5) is 5.69 Å². The van der Waals surface area contributed by atoms with Gasteiger partial charge in [0, 0.05) is 25.4 Å². The molecule has 0 bridgehead atoms. The Morgan fingerprint density at radius 3 is 2.59 bits per heavy atom. The molecule has 0 heterocycles. The molecular weight excluding hydrogens is 282 g/mol. The standard InChI is InChI=1S/C13H20BrNO2/c1-13(2,17-4)7-8-15-10-5-6-11(14)12(9-10)16-3/h5-6,9,15H,7-8H2,1-4H3. The fraction of sp³-hybridized carbons (Fsp3) is 0.538. The molecule has 96 valence electrons. The summed E-state index contributed by atoms with van der Waals surface area (Å²) < 4.78 is 11.6. The fourth-order valence-corrected chi connectivity index (χ4v) is 1.79. The highest BCUT2D eigenvalue weighted by molar-refractivity contribution is 9.10. The molecule has 1 rings (SSSR count). The molecule has 0 fully saturated rings. The van der Waals surface area contributed by atoms with E-state index in [4.69, 9.17) is 9.47 Å². The van der Waals surface area contributed by atoms with E-state index in [9.17, 15) is 0 Å². The smallest absolute Gasteiger partial charge is 0.135 e. The van der Waals surface area contributed by atoms with Gasteiger partial charge in [0.05, 0.1) is 17.2 Å². The molecule has 1 N–H and O–H groups in total. The first kappa shape index (κ1) is 14.3. The maximum atomic E-state index is 5.37. The lowest BCUT2D eigenvalue weighted by Gasteiger charge is -2.23. The highest BCUT2D eigenvalue weighted by Crippen LogP contribution is 2.27. The molecule has 0 saturated carbocycles. The van der Waals surface area contributed by atoms with Gasteiger partial charge < -0.3 is 14.8 Å². The zero-order valence-electron chi connectivity index (χ0n) is 10.8. The van der Waals surface area contributed by atoms with Gasteiger partial charge in [0.2, 0.25) is 0 Å². The monoisotopic (exact) mass is 301 g/mol. The van der Waals surface area contributed by atoms with Crippen molar-refractivity contribution in [1.82, 2.24) is 0 Å². The van der Waals surface area contributed by atoms with Crippen molar-refractivity contribution in [2.75, 3.05) is 26.1 Å². The summed E-state index contributed by atoms with van der Waals surface area (Å²) in [6, 6.07) is 5.97. The quantitative estimate of drug-likeness (QED) is 0.869. The van der Waals surface area contributed by atoms with Crippen LogP contribution in [0.1, 0.15) is 20.3 Å². The molecule has 0 aliphatic rings. The van der Waals surface area contributed by atoms with Crippen LogP contribution >= 0.6 is 15.9 Å². The van der Waals surface area contributed by atoms with Crippen molar-refractivity contribution in [3.05, 3.63) is 22.7 Å². The molecule has 1 aromatic rings. The van der Waals surface area contributed by atoms with E-state index in [2.05, 4.69) is 35.1 Å². The summed E-state index contributed by atoms with van der Waals surface area (Å²) in [5.74, 6) is 0.834. The Morgan fingerprint density at radius 1 is 1.29 bits per heavy atom. The summed E-state index contributed by atoms with van der Waals surface area (Å²) in [7, 11) is 3.40. The van der Waals surface area contributed by atoms with Gasteiger partial charge >= 0.3 is 0 Å². The van der Waals surface area contributed by atoms with Crippen LogP contribution in [0.5, 0.6) is 5.75 Å². The van der Waals surface area contributed by atoms with Gasteiger partial charge in [-0.15, -0.1) is 0 Å². The topological polar surface area (TPSA) is 30.5 Å². The van der Waals surface area contributed by atoms with Gasteiger partial charge in [0.1, 0.15) is 5.75 Å². The SMILES string of the molecule is COc1cc(NCCC(C)(C)OC)ccc1Br. The molecule has 17 heavy (non-hydrogen) atoms. The Morgan fingerprint density at radius 2 is 2.00 bits per heavy atom. The van der Waals surface area contributed by atoms with Crippen molar-refractivity contribution in [2.45, 2.75) is 25.9 Å². The Bertz CT molecular complexity index is 366. The number of benzene rings is 1. The molecule has 0 amide bonds. The van der Waals surface area contributed by atoms with Gasteiger partial charge in [0.15, 0.2) is 0 Å². The van der Waals surface area contributed by atoms with Crippen LogP contribution in [0.3, 0.4) is 0 Å². The third kappa shape index (κ3) is 4.56. The number of halogens is 1. The van der Waals surface area contributed by atoms with E-state index in [0.717, 1.165) is 28.9 Å². The predicted molar refractivity (Wildman–Crippen MR) is 74.9 cm³/mol. The van der Waals surface area contributed by atoms with E-state index in [1.807, 2.05) is 18.2 Å². The zero-order valence-corrected chi connectivity index (χ0v) is 12.4.